The fourth-order valence-corrected chi connectivity index (χ4v) is 4.09. The van der Waals surface area contributed by atoms with Gasteiger partial charge in [0.15, 0.2) is 5.58 Å². The van der Waals surface area contributed by atoms with Crippen LogP contribution in [0.1, 0.15) is 11.1 Å². The van der Waals surface area contributed by atoms with Crippen molar-refractivity contribution in [3.05, 3.63) is 83.7 Å². The topological polar surface area (TPSA) is 67.5 Å². The van der Waals surface area contributed by atoms with Gasteiger partial charge in [-0.2, -0.15) is 0 Å². The third-order valence-electron chi connectivity index (χ3n) is 5.70. The van der Waals surface area contributed by atoms with E-state index in [0.29, 0.717) is 29.6 Å². The second kappa shape index (κ2) is 8.49. The van der Waals surface area contributed by atoms with Gasteiger partial charge < -0.3 is 19.7 Å². The number of fused-ring (bicyclic) bond motifs is 2. The largest absolute Gasteiger partial charge is 0.491 e. The summed E-state index contributed by atoms with van der Waals surface area (Å²) in [6, 6.07) is 20.6. The van der Waals surface area contributed by atoms with Gasteiger partial charge in [0.25, 0.3) is 0 Å². The zero-order valence-corrected chi connectivity index (χ0v) is 16.9. The SMILES string of the molecule is OC(CNC1Cc2ccccc2C1)COc1ccc(-c2noc3cc(F)ccc23)cc1. The van der Waals surface area contributed by atoms with Crippen molar-refractivity contribution in [1.82, 2.24) is 10.5 Å². The Bertz CT molecular complexity index is 1160. The molecular formula is C25H23FN2O3. The summed E-state index contributed by atoms with van der Waals surface area (Å²) in [5.41, 5.74) is 4.69. The van der Waals surface area contributed by atoms with E-state index in [-0.39, 0.29) is 12.4 Å². The van der Waals surface area contributed by atoms with Gasteiger partial charge in [-0.05, 0) is 60.4 Å². The van der Waals surface area contributed by atoms with E-state index in [4.69, 9.17) is 9.26 Å². The van der Waals surface area contributed by atoms with E-state index in [1.165, 1.54) is 23.3 Å². The van der Waals surface area contributed by atoms with Gasteiger partial charge in [0.05, 0.1) is 0 Å². The number of nitrogens with zero attached hydrogens (tertiary/aromatic N) is 1. The lowest BCUT2D eigenvalue weighted by Crippen LogP contribution is -2.38. The monoisotopic (exact) mass is 418 g/mol. The molecule has 0 saturated heterocycles. The molecule has 0 saturated carbocycles. The normalized spacial score (nSPS) is 14.6. The lowest BCUT2D eigenvalue weighted by atomic mass is 10.1. The van der Waals surface area contributed by atoms with Gasteiger partial charge in [-0.3, -0.25) is 0 Å². The summed E-state index contributed by atoms with van der Waals surface area (Å²) < 4.78 is 24.3. The third-order valence-corrected chi connectivity index (χ3v) is 5.70. The molecule has 1 unspecified atom stereocenters. The van der Waals surface area contributed by atoms with E-state index < -0.39 is 6.10 Å². The Labute approximate surface area is 179 Å². The van der Waals surface area contributed by atoms with E-state index in [1.54, 1.807) is 6.07 Å². The second-order valence-corrected chi connectivity index (χ2v) is 7.94. The van der Waals surface area contributed by atoms with Crippen LogP contribution < -0.4 is 10.1 Å². The third kappa shape index (κ3) is 4.31. The Balaban J connectivity index is 1.13. The van der Waals surface area contributed by atoms with Crippen molar-refractivity contribution in [2.75, 3.05) is 13.2 Å². The first-order valence-corrected chi connectivity index (χ1v) is 10.4. The molecule has 5 rings (SSSR count). The first-order valence-electron chi connectivity index (χ1n) is 10.4. The van der Waals surface area contributed by atoms with Crippen LogP contribution in [-0.4, -0.2) is 35.6 Å². The van der Waals surface area contributed by atoms with Gasteiger partial charge in [0.1, 0.15) is 30.0 Å². The Kier molecular flexibility index (Phi) is 5.40. The lowest BCUT2D eigenvalue weighted by molar-refractivity contribution is 0.104. The molecule has 1 aliphatic rings. The molecule has 1 atom stereocenters. The van der Waals surface area contributed by atoms with Gasteiger partial charge >= 0.3 is 0 Å². The summed E-state index contributed by atoms with van der Waals surface area (Å²) in [4.78, 5) is 0. The fourth-order valence-electron chi connectivity index (χ4n) is 4.09. The number of aliphatic hydroxyl groups excluding tert-OH is 1. The fraction of sp³-hybridized carbons (Fsp3) is 0.240. The minimum atomic E-state index is -0.599. The smallest absolute Gasteiger partial charge is 0.170 e. The quantitative estimate of drug-likeness (QED) is 0.472. The molecular weight excluding hydrogens is 395 g/mol. The zero-order chi connectivity index (χ0) is 21.2. The van der Waals surface area contributed by atoms with Crippen LogP contribution in [0, 0.1) is 5.82 Å². The predicted octanol–water partition coefficient (Wildman–Crippen LogP) is 4.13. The highest BCUT2D eigenvalue weighted by Gasteiger charge is 2.21. The van der Waals surface area contributed by atoms with Crippen LogP contribution in [0.3, 0.4) is 0 Å². The first-order chi connectivity index (χ1) is 15.2. The molecule has 1 heterocycles. The average Bonchev–Trinajstić information content (AvgIpc) is 3.40. The molecule has 0 aliphatic heterocycles. The highest BCUT2D eigenvalue weighted by Crippen LogP contribution is 2.29. The number of benzene rings is 3. The van der Waals surface area contributed by atoms with Gasteiger partial charge in [-0.15, -0.1) is 0 Å². The highest BCUT2D eigenvalue weighted by molar-refractivity contribution is 5.91. The maximum atomic E-state index is 13.3. The molecule has 158 valence electrons. The van der Waals surface area contributed by atoms with Crippen molar-refractivity contribution in [3.63, 3.8) is 0 Å². The molecule has 0 radical (unpaired) electrons. The van der Waals surface area contributed by atoms with Crippen LogP contribution in [0.2, 0.25) is 0 Å². The Morgan fingerprint density at radius 3 is 2.55 bits per heavy atom. The lowest BCUT2D eigenvalue weighted by Gasteiger charge is -2.17. The summed E-state index contributed by atoms with van der Waals surface area (Å²) in [5, 5.41) is 18.5. The first kappa shape index (κ1) is 19.7. The van der Waals surface area contributed by atoms with Crippen molar-refractivity contribution in [2.24, 2.45) is 0 Å². The van der Waals surface area contributed by atoms with Crippen molar-refractivity contribution >= 4 is 11.0 Å². The Hall–Kier alpha value is -3.22. The molecule has 1 aliphatic carbocycles. The van der Waals surface area contributed by atoms with Gasteiger partial charge in [-0.25, -0.2) is 4.39 Å². The molecule has 0 spiro atoms. The molecule has 0 amide bonds. The van der Waals surface area contributed by atoms with Gasteiger partial charge in [-0.1, -0.05) is 29.4 Å². The van der Waals surface area contributed by atoms with Crippen LogP contribution in [0.4, 0.5) is 4.39 Å². The number of ether oxygens (including phenoxy) is 1. The molecule has 0 fully saturated rings. The number of aliphatic hydroxyl groups is 1. The van der Waals surface area contributed by atoms with E-state index >= 15 is 0 Å². The van der Waals surface area contributed by atoms with Crippen molar-refractivity contribution < 1.29 is 18.8 Å². The molecule has 5 nitrogen and oxygen atoms in total. The number of nitrogens with one attached hydrogen (secondary N) is 1. The van der Waals surface area contributed by atoms with Crippen molar-refractivity contribution in [2.45, 2.75) is 25.0 Å². The minimum Gasteiger partial charge on any atom is -0.491 e. The van der Waals surface area contributed by atoms with E-state index in [2.05, 4.69) is 34.7 Å². The van der Waals surface area contributed by atoms with Gasteiger partial charge in [0.2, 0.25) is 0 Å². The average molecular weight is 418 g/mol. The van der Waals surface area contributed by atoms with Crippen LogP contribution in [0.25, 0.3) is 22.2 Å². The molecule has 6 heteroatoms. The van der Waals surface area contributed by atoms with Gasteiger partial charge in [0, 0.05) is 29.6 Å². The molecule has 1 aromatic heterocycles. The van der Waals surface area contributed by atoms with E-state index in [9.17, 15) is 9.50 Å². The molecule has 3 aromatic carbocycles. The number of aromatic nitrogens is 1. The molecule has 31 heavy (non-hydrogen) atoms. The van der Waals surface area contributed by atoms with Crippen LogP contribution in [0.5, 0.6) is 5.75 Å². The van der Waals surface area contributed by atoms with Crippen molar-refractivity contribution in [1.29, 1.82) is 0 Å². The summed E-state index contributed by atoms with van der Waals surface area (Å²) in [7, 11) is 0. The summed E-state index contributed by atoms with van der Waals surface area (Å²) in [6.07, 6.45) is 1.39. The number of hydrogen-bond acceptors (Lipinski definition) is 5. The second-order valence-electron chi connectivity index (χ2n) is 7.94. The zero-order valence-electron chi connectivity index (χ0n) is 16.9. The van der Waals surface area contributed by atoms with Crippen LogP contribution in [-0.2, 0) is 12.8 Å². The summed E-state index contributed by atoms with van der Waals surface area (Å²) in [6.45, 7) is 0.691. The molecule has 0 bridgehead atoms. The summed E-state index contributed by atoms with van der Waals surface area (Å²) in [5.74, 6) is 0.305. The Morgan fingerprint density at radius 2 is 1.81 bits per heavy atom. The van der Waals surface area contributed by atoms with Crippen LogP contribution >= 0.6 is 0 Å². The molecule has 4 aromatic rings. The van der Waals surface area contributed by atoms with E-state index in [1.807, 2.05) is 24.3 Å². The maximum absolute atomic E-state index is 13.3. The van der Waals surface area contributed by atoms with Crippen molar-refractivity contribution in [3.8, 4) is 17.0 Å². The predicted molar refractivity (Wildman–Crippen MR) is 117 cm³/mol. The van der Waals surface area contributed by atoms with Crippen LogP contribution in [0.15, 0.2) is 71.3 Å². The standard InChI is InChI=1S/C25H23FN2O3/c26-19-7-10-23-24(13-19)31-28-25(23)16-5-8-22(9-6-16)30-15-21(29)14-27-20-11-17-3-1-2-4-18(17)12-20/h1-10,13,20-21,27,29H,11-12,14-15H2. The van der Waals surface area contributed by atoms with E-state index in [0.717, 1.165) is 23.8 Å². The highest BCUT2D eigenvalue weighted by atomic mass is 19.1. The summed E-state index contributed by atoms with van der Waals surface area (Å²) >= 11 is 0. The number of hydrogen-bond donors (Lipinski definition) is 2. The molecule has 2 N–H and O–H groups in total. The number of halogens is 1. The maximum Gasteiger partial charge on any atom is 0.170 e. The number of rotatable bonds is 7. The minimum absolute atomic E-state index is 0.207. The Morgan fingerprint density at radius 1 is 1.06 bits per heavy atom.